The molecule has 5 atom stereocenters. The fraction of sp³-hybridized carbons (Fsp3) is 0.787. The Balaban J connectivity index is 0.000000686. The van der Waals surface area contributed by atoms with Crippen LogP contribution in [0.2, 0.25) is 0 Å². The minimum atomic E-state index is -0.495. The molecule has 5 rings (SSSR count). The number of imide groups is 5. The monoisotopic (exact) mass is 1540 g/mol. The van der Waals surface area contributed by atoms with Crippen LogP contribution in [-0.2, 0) is 86.2 Å². The van der Waals surface area contributed by atoms with Crippen molar-refractivity contribution in [1.82, 2.24) is 51.1 Å². The number of ether oxygens (including phenoxy) is 2. The van der Waals surface area contributed by atoms with E-state index in [1.807, 2.05) is 138 Å². The van der Waals surface area contributed by atoms with Gasteiger partial charge in [-0.1, -0.05) is 75.7 Å². The molecular formula is C80H136N10O19. The number of ketones is 2. The van der Waals surface area contributed by atoms with E-state index in [9.17, 15) is 81.5 Å². The number of amides is 15. The Morgan fingerprint density at radius 3 is 0.881 bits per heavy atom. The van der Waals surface area contributed by atoms with Gasteiger partial charge in [0.05, 0.1) is 13.2 Å². The van der Waals surface area contributed by atoms with Gasteiger partial charge in [0.2, 0.25) is 82.7 Å². The van der Waals surface area contributed by atoms with Crippen molar-refractivity contribution in [2.45, 2.75) is 297 Å². The Labute approximate surface area is 648 Å². The van der Waals surface area contributed by atoms with Gasteiger partial charge >= 0.3 is 6.09 Å². The fourth-order valence-electron chi connectivity index (χ4n) is 12.5. The minimum absolute atomic E-state index is 0.00401. The second kappa shape index (κ2) is 51.6. The van der Waals surface area contributed by atoms with Gasteiger partial charge in [-0.25, -0.2) is 4.79 Å². The minimum Gasteiger partial charge on any atom is -0.450 e. The maximum absolute atomic E-state index is 12.2. The molecule has 0 aromatic rings. The second-order valence-corrected chi connectivity index (χ2v) is 32.2. The fourth-order valence-corrected chi connectivity index (χ4v) is 12.5. The maximum atomic E-state index is 12.2. The van der Waals surface area contributed by atoms with Crippen LogP contribution >= 0.6 is 0 Å². The van der Waals surface area contributed by atoms with Gasteiger partial charge in [-0.15, -0.1) is 0 Å². The molecule has 5 fully saturated rings. The van der Waals surface area contributed by atoms with Crippen LogP contribution in [0.5, 0.6) is 0 Å². The molecule has 5 unspecified atom stereocenters. The van der Waals surface area contributed by atoms with Crippen LogP contribution in [0.15, 0.2) is 0 Å². The molecule has 0 radical (unpaired) electrons. The summed E-state index contributed by atoms with van der Waals surface area (Å²) in [6.45, 7) is 40.8. The van der Waals surface area contributed by atoms with Gasteiger partial charge in [-0.05, 0) is 137 Å². The summed E-state index contributed by atoms with van der Waals surface area (Å²) in [6.07, 6.45) is 8.04. The molecule has 29 nitrogen and oxygen atoms in total. The number of nitrogens with one attached hydrogen (secondary N) is 5. The number of nitrogens with zero attached hydrogens (tertiary/aromatic N) is 5. The van der Waals surface area contributed by atoms with Gasteiger partial charge in [0, 0.05) is 183 Å². The van der Waals surface area contributed by atoms with Crippen molar-refractivity contribution in [1.29, 1.82) is 0 Å². The summed E-state index contributed by atoms with van der Waals surface area (Å²) in [7, 11) is 0. The third-order valence-electron chi connectivity index (χ3n) is 18.8. The third kappa shape index (κ3) is 38.6. The molecule has 5 saturated heterocycles. The smallest absolute Gasteiger partial charge is 0.407 e. The number of hydrogen-bond acceptors (Lipinski definition) is 19. The molecule has 109 heavy (non-hydrogen) atoms. The first kappa shape index (κ1) is 99.2. The summed E-state index contributed by atoms with van der Waals surface area (Å²) >= 11 is 0. The highest BCUT2D eigenvalue weighted by Crippen LogP contribution is 2.31. The highest BCUT2D eigenvalue weighted by atomic mass is 16.5. The van der Waals surface area contributed by atoms with E-state index in [2.05, 4.69) is 26.6 Å². The largest absolute Gasteiger partial charge is 0.450 e. The van der Waals surface area contributed by atoms with E-state index in [1.54, 1.807) is 0 Å². The average Bonchev–Trinajstić information content (AvgIpc) is 1.72. The Morgan fingerprint density at radius 2 is 0.550 bits per heavy atom. The standard InChI is InChI=1S/C20H34N2O5.C17H28N2O5.C16H28N2O3.C14H24N2O3.C13H22N2O3/c1-14(2)17-13-19(25)22(20(17)26)10-5-7-16(23)8-6-11-27-12-9-18(24)21-15(3)4;1-11(2)14-10-15(21)19(16(14)22)8-7-13(20)6-5-9-24-17(23)18-12(3)4;1-11(2)13-10-15(20)18(16(13)21)9-7-5-6-8-14(19)17-12(3)4;1-9(2)11-8-13(18)16(14(11)19)7-5-6-12(17)15-10(3)4;1-8(2)10-7-12(17)15(13(10)18)6-5-11(16)14-9(3)4/h14-15,17H,5-13H2,1-4H3,(H,21,24);11-12,14H,5-10H2,1-4H3,(H,18,23);11-13H,5-10H2,1-4H3,(H,17,19);9-11H,5-8H2,1-4H3,(H,15,17);8-10H,5-7H2,1-4H3,(H,14,16). The van der Waals surface area contributed by atoms with Crippen LogP contribution in [-0.4, -0.2) is 208 Å². The highest BCUT2D eigenvalue weighted by molar-refractivity contribution is 6.06. The average molecular weight is 1540 g/mol. The molecule has 5 aliphatic rings. The summed E-state index contributed by atoms with van der Waals surface area (Å²) in [5.74, 6) is -1.37. The van der Waals surface area contributed by atoms with E-state index in [0.717, 1.165) is 19.3 Å². The van der Waals surface area contributed by atoms with Crippen molar-refractivity contribution in [2.24, 2.45) is 59.2 Å². The van der Waals surface area contributed by atoms with E-state index in [0.29, 0.717) is 103 Å². The summed E-state index contributed by atoms with van der Waals surface area (Å²) < 4.78 is 10.3. The Morgan fingerprint density at radius 1 is 0.284 bits per heavy atom. The predicted octanol–water partition coefficient (Wildman–Crippen LogP) is 8.33. The Kier molecular flexibility index (Phi) is 46.9. The number of carbonyl (C=O) groups excluding carboxylic acids is 17. The van der Waals surface area contributed by atoms with Crippen LogP contribution in [0, 0.1) is 59.2 Å². The normalized spacial score (nSPS) is 18.6. The molecule has 5 heterocycles. The molecule has 0 aromatic heterocycles. The number of carbonyl (C=O) groups is 17. The molecule has 0 spiro atoms. The quantitative estimate of drug-likeness (QED) is 0.0283. The molecule has 0 bridgehead atoms. The summed E-state index contributed by atoms with van der Waals surface area (Å²) in [5.41, 5.74) is 0. The zero-order valence-electron chi connectivity index (χ0n) is 69.5. The number of hydrogen-bond donors (Lipinski definition) is 5. The van der Waals surface area contributed by atoms with Crippen molar-refractivity contribution in [3.8, 4) is 0 Å². The number of likely N-dealkylation sites (tertiary alicyclic amines) is 5. The van der Waals surface area contributed by atoms with Crippen molar-refractivity contribution >= 4 is 100 Å². The van der Waals surface area contributed by atoms with Crippen molar-refractivity contribution < 1.29 is 91.0 Å². The molecule has 29 heteroatoms. The lowest BCUT2D eigenvalue weighted by molar-refractivity contribution is -0.142. The number of unbranched alkanes of at least 4 members (excludes halogenated alkanes) is 2. The third-order valence-corrected chi connectivity index (χ3v) is 18.8. The first-order valence-corrected chi connectivity index (χ1v) is 39.8. The van der Waals surface area contributed by atoms with E-state index in [1.165, 1.54) is 24.5 Å². The first-order chi connectivity index (χ1) is 50.9. The van der Waals surface area contributed by atoms with Gasteiger partial charge in [-0.3, -0.25) is 101 Å². The van der Waals surface area contributed by atoms with E-state index in [-0.39, 0.29) is 242 Å². The van der Waals surface area contributed by atoms with Crippen molar-refractivity contribution in [3.05, 3.63) is 0 Å². The van der Waals surface area contributed by atoms with E-state index >= 15 is 0 Å². The molecule has 620 valence electrons. The van der Waals surface area contributed by atoms with E-state index in [4.69, 9.17) is 9.47 Å². The molecule has 0 aliphatic carbocycles. The number of alkyl carbamates (subject to hydrolysis) is 1. The lowest BCUT2D eigenvalue weighted by atomic mass is 9.94. The zero-order valence-corrected chi connectivity index (χ0v) is 69.5. The SMILES string of the molecule is CC(C)NC(=O)CCCCCN1C(=O)CC(C(C)C)C1=O.CC(C)NC(=O)CCCN1C(=O)CC(C(C)C)C1=O.CC(C)NC(=O)CCN1C(=O)CC(C(C)C)C1=O.CC(C)NC(=O)CCOCCCC(=O)CCCN1C(=O)CC(C(C)C)C1=O.CC(C)NC(=O)OCCCC(=O)CCN1C(=O)CC(C(C)C)C1=O. The molecule has 0 aromatic carbocycles. The van der Waals surface area contributed by atoms with Crippen molar-refractivity contribution in [3.63, 3.8) is 0 Å². The summed E-state index contributed by atoms with van der Waals surface area (Å²) in [6, 6.07) is 0.492. The lowest BCUT2D eigenvalue weighted by Crippen LogP contribution is -2.37. The van der Waals surface area contributed by atoms with Crippen LogP contribution in [0.3, 0.4) is 0 Å². The predicted molar refractivity (Wildman–Crippen MR) is 411 cm³/mol. The number of Topliss-reactive ketones (excluding diaryl/α,β-unsaturated/α-hetero) is 2. The van der Waals surface area contributed by atoms with Gasteiger partial charge in [0.1, 0.15) is 11.6 Å². The van der Waals surface area contributed by atoms with E-state index < -0.39 is 6.09 Å². The van der Waals surface area contributed by atoms with Crippen molar-refractivity contribution in [2.75, 3.05) is 52.5 Å². The van der Waals surface area contributed by atoms with Gasteiger partial charge in [-0.2, -0.15) is 0 Å². The topological polar surface area (TPSA) is 385 Å². The Bertz CT molecular complexity index is 3030. The molecule has 0 saturated carbocycles. The number of rotatable bonds is 41. The lowest BCUT2D eigenvalue weighted by Gasteiger charge is -2.16. The highest BCUT2D eigenvalue weighted by Gasteiger charge is 2.44. The van der Waals surface area contributed by atoms with Crippen LogP contribution in [0.25, 0.3) is 0 Å². The van der Waals surface area contributed by atoms with Crippen LogP contribution in [0.4, 0.5) is 4.79 Å². The molecule has 5 N–H and O–H groups in total. The van der Waals surface area contributed by atoms with Crippen LogP contribution in [0.1, 0.15) is 267 Å². The summed E-state index contributed by atoms with van der Waals surface area (Å²) in [5, 5.41) is 13.8. The molecule has 15 amide bonds. The maximum Gasteiger partial charge on any atom is 0.407 e. The van der Waals surface area contributed by atoms with Gasteiger partial charge < -0.3 is 36.1 Å². The van der Waals surface area contributed by atoms with Gasteiger partial charge in [0.25, 0.3) is 0 Å². The first-order valence-electron chi connectivity index (χ1n) is 39.8. The molecular weight excluding hydrogens is 1400 g/mol. The molecule has 5 aliphatic heterocycles. The summed E-state index contributed by atoms with van der Waals surface area (Å²) in [4.78, 5) is 207. The zero-order chi connectivity index (χ0) is 83.1. The van der Waals surface area contributed by atoms with Gasteiger partial charge in [0.15, 0.2) is 0 Å². The second-order valence-electron chi connectivity index (χ2n) is 32.2. The van der Waals surface area contributed by atoms with Crippen LogP contribution < -0.4 is 26.6 Å². The Hall–Kier alpha value is -7.85.